The van der Waals surface area contributed by atoms with Crippen LogP contribution in [0.2, 0.25) is 5.02 Å². The Kier molecular flexibility index (Phi) is 4.98. The fourth-order valence-corrected chi connectivity index (χ4v) is 6.90. The Balaban J connectivity index is 1.38. The van der Waals surface area contributed by atoms with Crippen molar-refractivity contribution in [1.29, 1.82) is 0 Å². The van der Waals surface area contributed by atoms with Crippen LogP contribution in [-0.2, 0) is 0 Å². The van der Waals surface area contributed by atoms with Crippen molar-refractivity contribution in [1.82, 2.24) is 0 Å². The highest BCUT2D eigenvalue weighted by Crippen LogP contribution is 2.49. The predicted octanol–water partition coefficient (Wildman–Crippen LogP) is 10.4. The molecule has 0 atom stereocenters. The molecule has 0 saturated carbocycles. The van der Waals surface area contributed by atoms with Crippen molar-refractivity contribution in [2.45, 2.75) is 9.79 Å². The molecule has 6 aromatic rings. The van der Waals surface area contributed by atoms with Gasteiger partial charge < -0.3 is 9.64 Å². The third-order valence-electron chi connectivity index (χ3n) is 6.16. The molecule has 0 fully saturated rings. The first kappa shape index (κ1) is 20.9. The van der Waals surface area contributed by atoms with Gasteiger partial charge in [0.15, 0.2) is 0 Å². The van der Waals surface area contributed by atoms with E-state index in [9.17, 15) is 0 Å². The van der Waals surface area contributed by atoms with E-state index in [4.69, 9.17) is 16.3 Å². The Hall–Kier alpha value is -3.44. The number of fused-ring (bicyclic) bond motifs is 5. The highest BCUT2D eigenvalue weighted by atomic mass is 35.5. The zero-order chi connectivity index (χ0) is 23.4. The molecule has 0 spiro atoms. The molecule has 7 rings (SSSR count). The van der Waals surface area contributed by atoms with Crippen LogP contribution in [0.15, 0.2) is 119 Å². The first-order valence-electron chi connectivity index (χ1n) is 11.3. The largest absolute Gasteiger partial charge is 0.455 e. The highest BCUT2D eigenvalue weighted by Gasteiger charge is 2.21. The van der Waals surface area contributed by atoms with Crippen molar-refractivity contribution < 1.29 is 4.74 Å². The molecular formula is C30H18ClNOS2. The molecule has 0 amide bonds. The highest BCUT2D eigenvalue weighted by molar-refractivity contribution is 7.99. The lowest BCUT2D eigenvalue weighted by Crippen LogP contribution is -2.10. The maximum atomic E-state index is 6.26. The minimum Gasteiger partial charge on any atom is -0.455 e. The van der Waals surface area contributed by atoms with E-state index < -0.39 is 0 Å². The zero-order valence-corrected chi connectivity index (χ0v) is 20.8. The normalized spacial score (nSPS) is 12.3. The lowest BCUT2D eigenvalue weighted by molar-refractivity contribution is 0.454. The Morgan fingerprint density at radius 3 is 2.26 bits per heavy atom. The van der Waals surface area contributed by atoms with E-state index >= 15 is 0 Å². The van der Waals surface area contributed by atoms with Crippen LogP contribution in [0, 0.1) is 0 Å². The van der Waals surface area contributed by atoms with Crippen LogP contribution in [0.25, 0.3) is 20.2 Å². The van der Waals surface area contributed by atoms with Gasteiger partial charge in [0, 0.05) is 42.3 Å². The smallest absolute Gasteiger partial charge is 0.141 e. The van der Waals surface area contributed by atoms with Crippen LogP contribution in [0.1, 0.15) is 0 Å². The lowest BCUT2D eigenvalue weighted by Gasteiger charge is -2.27. The molecule has 0 N–H and O–H groups in total. The second-order valence-corrected chi connectivity index (χ2v) is 11.0. The van der Waals surface area contributed by atoms with E-state index in [2.05, 4.69) is 89.8 Å². The van der Waals surface area contributed by atoms with Crippen molar-refractivity contribution in [2.24, 2.45) is 0 Å². The summed E-state index contributed by atoms with van der Waals surface area (Å²) in [6, 6.07) is 37.9. The van der Waals surface area contributed by atoms with Crippen molar-refractivity contribution in [3.05, 3.63) is 114 Å². The molecule has 5 heteroatoms. The van der Waals surface area contributed by atoms with Gasteiger partial charge in [-0.3, -0.25) is 0 Å². The van der Waals surface area contributed by atoms with Gasteiger partial charge in [-0.05, 0) is 72.8 Å². The quantitative estimate of drug-likeness (QED) is 0.236. The minimum absolute atomic E-state index is 0.769. The molecule has 5 aromatic carbocycles. The van der Waals surface area contributed by atoms with Crippen LogP contribution in [0.5, 0.6) is 11.5 Å². The van der Waals surface area contributed by atoms with Crippen molar-refractivity contribution in [3.63, 3.8) is 0 Å². The van der Waals surface area contributed by atoms with E-state index in [1.807, 2.05) is 24.3 Å². The SMILES string of the molecule is Clc1ccc2c(c1)sc1ccc(N(c3ccccc3)c3ccc4c(c3)Sc3ccccc3O4)cc12. The second-order valence-electron chi connectivity index (χ2n) is 8.38. The number of anilines is 3. The van der Waals surface area contributed by atoms with E-state index in [-0.39, 0.29) is 0 Å². The summed E-state index contributed by atoms with van der Waals surface area (Å²) in [6.45, 7) is 0. The summed E-state index contributed by atoms with van der Waals surface area (Å²) in [5, 5.41) is 3.24. The van der Waals surface area contributed by atoms with Crippen molar-refractivity contribution in [2.75, 3.05) is 4.90 Å². The van der Waals surface area contributed by atoms with Gasteiger partial charge in [0.25, 0.3) is 0 Å². The van der Waals surface area contributed by atoms with E-state index in [0.29, 0.717) is 0 Å². The van der Waals surface area contributed by atoms with Crippen LogP contribution < -0.4 is 9.64 Å². The standard InChI is InChI=1S/C30H18ClNOS2/c31-19-10-13-23-24-17-21(12-15-27(24)34-29(23)16-19)32(20-6-2-1-3-7-20)22-11-14-26-30(18-22)35-28-9-5-4-8-25(28)33-26/h1-18H. The van der Waals surface area contributed by atoms with Crippen molar-refractivity contribution >= 4 is 71.9 Å². The number of hydrogen-bond donors (Lipinski definition) is 0. The molecule has 1 aliphatic rings. The summed E-state index contributed by atoms with van der Waals surface area (Å²) >= 11 is 9.79. The number of rotatable bonds is 3. The summed E-state index contributed by atoms with van der Waals surface area (Å²) < 4.78 is 8.64. The molecule has 0 bridgehead atoms. The summed E-state index contributed by atoms with van der Waals surface area (Å²) in [5.41, 5.74) is 3.31. The fraction of sp³-hybridized carbons (Fsp3) is 0. The summed E-state index contributed by atoms with van der Waals surface area (Å²) in [4.78, 5) is 4.55. The molecule has 1 aromatic heterocycles. The van der Waals surface area contributed by atoms with Gasteiger partial charge in [0.2, 0.25) is 0 Å². The monoisotopic (exact) mass is 507 g/mol. The van der Waals surface area contributed by atoms with Gasteiger partial charge in [-0.1, -0.05) is 59.8 Å². The van der Waals surface area contributed by atoms with Crippen LogP contribution in [0.4, 0.5) is 17.1 Å². The maximum Gasteiger partial charge on any atom is 0.141 e. The van der Waals surface area contributed by atoms with E-state index in [0.717, 1.165) is 43.4 Å². The molecule has 2 heterocycles. The predicted molar refractivity (Wildman–Crippen MR) is 150 cm³/mol. The number of halogens is 1. The van der Waals surface area contributed by atoms with Crippen LogP contribution >= 0.6 is 34.7 Å². The molecule has 0 aliphatic carbocycles. The van der Waals surface area contributed by atoms with Gasteiger partial charge in [0.05, 0.1) is 9.79 Å². The topological polar surface area (TPSA) is 12.5 Å². The summed E-state index contributed by atoms with van der Waals surface area (Å²) in [6.07, 6.45) is 0. The van der Waals surface area contributed by atoms with Crippen LogP contribution in [0.3, 0.4) is 0 Å². The van der Waals surface area contributed by atoms with E-state index in [1.165, 1.54) is 20.2 Å². The average molecular weight is 508 g/mol. The van der Waals surface area contributed by atoms with Crippen LogP contribution in [-0.4, -0.2) is 0 Å². The van der Waals surface area contributed by atoms with E-state index in [1.54, 1.807) is 23.1 Å². The van der Waals surface area contributed by atoms with Gasteiger partial charge >= 0.3 is 0 Å². The third kappa shape index (κ3) is 3.66. The number of ether oxygens (including phenoxy) is 1. The number of thiophene rings is 1. The van der Waals surface area contributed by atoms with Gasteiger partial charge in [-0.25, -0.2) is 0 Å². The van der Waals surface area contributed by atoms with Gasteiger partial charge in [-0.15, -0.1) is 11.3 Å². The number of nitrogens with zero attached hydrogens (tertiary/aromatic N) is 1. The molecular weight excluding hydrogens is 490 g/mol. The Morgan fingerprint density at radius 1 is 0.571 bits per heavy atom. The van der Waals surface area contributed by atoms with Gasteiger partial charge in [-0.2, -0.15) is 0 Å². The average Bonchev–Trinajstić information content (AvgIpc) is 3.25. The maximum absolute atomic E-state index is 6.26. The number of para-hydroxylation sites is 2. The molecule has 1 aliphatic heterocycles. The molecule has 0 radical (unpaired) electrons. The Labute approximate surface area is 216 Å². The fourth-order valence-electron chi connectivity index (χ4n) is 4.56. The molecule has 2 nitrogen and oxygen atoms in total. The Bertz CT molecular complexity index is 1730. The second kappa shape index (κ2) is 8.35. The first-order valence-corrected chi connectivity index (χ1v) is 13.3. The summed E-state index contributed by atoms with van der Waals surface area (Å²) in [5.74, 6) is 1.80. The molecule has 168 valence electrons. The molecule has 0 saturated heterocycles. The number of benzene rings is 5. The number of hydrogen-bond acceptors (Lipinski definition) is 4. The lowest BCUT2D eigenvalue weighted by atomic mass is 10.1. The first-order chi connectivity index (χ1) is 17.2. The molecule has 35 heavy (non-hydrogen) atoms. The zero-order valence-electron chi connectivity index (χ0n) is 18.4. The van der Waals surface area contributed by atoms with Crippen molar-refractivity contribution in [3.8, 4) is 11.5 Å². The van der Waals surface area contributed by atoms with Gasteiger partial charge in [0.1, 0.15) is 11.5 Å². The summed E-state index contributed by atoms with van der Waals surface area (Å²) in [7, 11) is 0. The minimum atomic E-state index is 0.769. The Morgan fingerprint density at radius 2 is 1.34 bits per heavy atom. The molecule has 0 unspecified atom stereocenters. The third-order valence-corrected chi connectivity index (χ3v) is 8.63.